The van der Waals surface area contributed by atoms with E-state index >= 15 is 0 Å². The Labute approximate surface area is 116 Å². The molecule has 1 unspecified atom stereocenters. The minimum absolute atomic E-state index is 0.0624. The quantitative estimate of drug-likeness (QED) is 0.939. The van der Waals surface area contributed by atoms with Crippen LogP contribution in [0.2, 0.25) is 10.0 Å². The summed E-state index contributed by atoms with van der Waals surface area (Å²) in [4.78, 5) is 0. The van der Waals surface area contributed by atoms with Crippen LogP contribution in [0.4, 0.5) is 0 Å². The minimum atomic E-state index is -0.0624. The number of aromatic nitrogens is 3. The molecular weight excluding hydrogens is 271 g/mol. The van der Waals surface area contributed by atoms with Gasteiger partial charge in [0.05, 0.1) is 34.5 Å². The normalized spacial score (nSPS) is 12.7. The van der Waals surface area contributed by atoms with Crippen molar-refractivity contribution in [3.05, 3.63) is 45.7 Å². The van der Waals surface area contributed by atoms with E-state index in [-0.39, 0.29) is 6.04 Å². The first-order valence-corrected chi connectivity index (χ1v) is 6.45. The van der Waals surface area contributed by atoms with E-state index in [9.17, 15) is 0 Å². The minimum Gasteiger partial charge on any atom is -0.323 e. The molecule has 1 aromatic heterocycles. The Kier molecular flexibility index (Phi) is 4.22. The third kappa shape index (κ3) is 3.02. The Balaban J connectivity index is 2.13. The predicted octanol–water partition coefficient (Wildman–Crippen LogP) is 3.04. The van der Waals surface area contributed by atoms with Crippen molar-refractivity contribution < 1.29 is 0 Å². The molecule has 1 aromatic carbocycles. The largest absolute Gasteiger partial charge is 0.323 e. The van der Waals surface area contributed by atoms with Gasteiger partial charge in [0.2, 0.25) is 0 Å². The molecule has 2 N–H and O–H groups in total. The summed E-state index contributed by atoms with van der Waals surface area (Å²) in [7, 11) is 0. The van der Waals surface area contributed by atoms with Gasteiger partial charge in [-0.15, -0.1) is 5.10 Å². The molecule has 1 atom stereocenters. The number of benzene rings is 1. The molecular formula is C12H14Cl2N4. The van der Waals surface area contributed by atoms with Crippen LogP contribution in [0.5, 0.6) is 0 Å². The van der Waals surface area contributed by atoms with Gasteiger partial charge in [0, 0.05) is 0 Å². The molecule has 0 aliphatic carbocycles. The van der Waals surface area contributed by atoms with Gasteiger partial charge in [0.25, 0.3) is 0 Å². The van der Waals surface area contributed by atoms with Gasteiger partial charge in [-0.05, 0) is 24.1 Å². The van der Waals surface area contributed by atoms with Gasteiger partial charge in [0.1, 0.15) is 0 Å². The highest BCUT2D eigenvalue weighted by Gasteiger charge is 2.08. The maximum Gasteiger partial charge on any atom is 0.0994 e. The monoisotopic (exact) mass is 284 g/mol. The molecule has 2 rings (SSSR count). The molecule has 0 spiro atoms. The van der Waals surface area contributed by atoms with Crippen molar-refractivity contribution in [3.8, 4) is 0 Å². The Morgan fingerprint density at radius 1 is 1.33 bits per heavy atom. The summed E-state index contributed by atoms with van der Waals surface area (Å²) in [6.45, 7) is 2.61. The first-order valence-electron chi connectivity index (χ1n) is 5.69. The second-order valence-corrected chi connectivity index (χ2v) is 4.92. The van der Waals surface area contributed by atoms with Gasteiger partial charge in [0.15, 0.2) is 0 Å². The van der Waals surface area contributed by atoms with Crippen LogP contribution >= 0.6 is 23.2 Å². The zero-order valence-electron chi connectivity index (χ0n) is 9.98. The van der Waals surface area contributed by atoms with Crippen LogP contribution < -0.4 is 5.73 Å². The summed E-state index contributed by atoms with van der Waals surface area (Å²) in [5.74, 6) is 0. The molecule has 0 saturated heterocycles. The van der Waals surface area contributed by atoms with E-state index < -0.39 is 0 Å². The van der Waals surface area contributed by atoms with Crippen LogP contribution in [-0.4, -0.2) is 15.0 Å². The molecule has 0 saturated carbocycles. The summed E-state index contributed by atoms with van der Waals surface area (Å²) in [6.07, 6.45) is 2.70. The summed E-state index contributed by atoms with van der Waals surface area (Å²) in [6, 6.07) is 5.45. The summed E-state index contributed by atoms with van der Waals surface area (Å²) < 4.78 is 1.74. The lowest BCUT2D eigenvalue weighted by atomic mass is 10.2. The molecule has 18 heavy (non-hydrogen) atoms. The Morgan fingerprint density at radius 3 is 2.78 bits per heavy atom. The lowest BCUT2D eigenvalue weighted by molar-refractivity contribution is 0.644. The molecule has 0 radical (unpaired) electrons. The van der Waals surface area contributed by atoms with E-state index in [4.69, 9.17) is 28.9 Å². The van der Waals surface area contributed by atoms with Gasteiger partial charge in [-0.25, -0.2) is 4.68 Å². The van der Waals surface area contributed by atoms with Crippen molar-refractivity contribution in [3.63, 3.8) is 0 Å². The fraction of sp³-hybridized carbons (Fsp3) is 0.333. The van der Waals surface area contributed by atoms with Crippen molar-refractivity contribution in [2.75, 3.05) is 0 Å². The fourth-order valence-corrected chi connectivity index (χ4v) is 1.92. The smallest absolute Gasteiger partial charge is 0.0994 e. The highest BCUT2D eigenvalue weighted by Crippen LogP contribution is 2.23. The van der Waals surface area contributed by atoms with Crippen molar-refractivity contribution in [2.45, 2.75) is 25.9 Å². The average molecular weight is 285 g/mol. The molecule has 0 amide bonds. The van der Waals surface area contributed by atoms with Crippen LogP contribution in [0.1, 0.15) is 30.6 Å². The Bertz CT molecular complexity index is 539. The topological polar surface area (TPSA) is 56.7 Å². The number of rotatable bonds is 4. The molecule has 4 nitrogen and oxygen atoms in total. The van der Waals surface area contributed by atoms with E-state index in [1.165, 1.54) is 0 Å². The summed E-state index contributed by atoms with van der Waals surface area (Å²) >= 11 is 11.8. The highest BCUT2D eigenvalue weighted by molar-refractivity contribution is 6.42. The molecule has 6 heteroatoms. The van der Waals surface area contributed by atoms with Crippen LogP contribution in [0, 0.1) is 0 Å². The van der Waals surface area contributed by atoms with Crippen molar-refractivity contribution in [2.24, 2.45) is 5.73 Å². The zero-order chi connectivity index (χ0) is 13.1. The van der Waals surface area contributed by atoms with Crippen LogP contribution in [0.15, 0.2) is 24.4 Å². The highest BCUT2D eigenvalue weighted by atomic mass is 35.5. The van der Waals surface area contributed by atoms with E-state index in [0.29, 0.717) is 16.6 Å². The lowest BCUT2D eigenvalue weighted by Gasteiger charge is -2.03. The van der Waals surface area contributed by atoms with Crippen LogP contribution in [0.25, 0.3) is 0 Å². The average Bonchev–Trinajstić information content (AvgIpc) is 2.81. The maximum atomic E-state index is 5.96. The van der Waals surface area contributed by atoms with Crippen molar-refractivity contribution in [1.82, 2.24) is 15.0 Å². The molecule has 0 bridgehead atoms. The van der Waals surface area contributed by atoms with Gasteiger partial charge < -0.3 is 5.73 Å². The molecule has 0 fully saturated rings. The zero-order valence-corrected chi connectivity index (χ0v) is 11.5. The number of hydrogen-bond donors (Lipinski definition) is 1. The Hall–Kier alpha value is -1.10. The number of nitrogens with two attached hydrogens (primary N) is 1. The fourth-order valence-electron chi connectivity index (χ4n) is 1.59. The standard InChI is InChI=1S/C12H14Cl2N4/c1-2-11(15)12-7-18(17-16-12)6-8-3-4-9(13)10(14)5-8/h3-5,7,11H,2,6,15H2,1H3. The van der Waals surface area contributed by atoms with Gasteiger partial charge >= 0.3 is 0 Å². The Morgan fingerprint density at radius 2 is 2.11 bits per heavy atom. The van der Waals surface area contributed by atoms with Crippen molar-refractivity contribution in [1.29, 1.82) is 0 Å². The second kappa shape index (κ2) is 5.69. The van der Waals surface area contributed by atoms with E-state index in [0.717, 1.165) is 17.7 Å². The number of halogens is 2. The maximum absolute atomic E-state index is 5.96. The predicted molar refractivity (Wildman–Crippen MR) is 72.8 cm³/mol. The van der Waals surface area contributed by atoms with Gasteiger partial charge in [-0.3, -0.25) is 0 Å². The molecule has 0 aliphatic rings. The van der Waals surface area contributed by atoms with Gasteiger partial charge in [-0.2, -0.15) is 0 Å². The summed E-state index contributed by atoms with van der Waals surface area (Å²) in [5, 5.41) is 9.19. The summed E-state index contributed by atoms with van der Waals surface area (Å²) in [5.41, 5.74) is 7.71. The van der Waals surface area contributed by atoms with E-state index in [1.54, 1.807) is 10.7 Å². The molecule has 2 aromatic rings. The van der Waals surface area contributed by atoms with E-state index in [1.807, 2.05) is 25.3 Å². The van der Waals surface area contributed by atoms with E-state index in [2.05, 4.69) is 10.3 Å². The second-order valence-electron chi connectivity index (χ2n) is 4.10. The first kappa shape index (κ1) is 13.3. The van der Waals surface area contributed by atoms with Crippen molar-refractivity contribution >= 4 is 23.2 Å². The van der Waals surface area contributed by atoms with Crippen LogP contribution in [-0.2, 0) is 6.54 Å². The van der Waals surface area contributed by atoms with Crippen LogP contribution in [0.3, 0.4) is 0 Å². The molecule has 96 valence electrons. The third-order valence-electron chi connectivity index (χ3n) is 2.70. The third-order valence-corrected chi connectivity index (χ3v) is 3.44. The first-order chi connectivity index (χ1) is 8.60. The molecule has 0 aliphatic heterocycles. The number of nitrogens with zero attached hydrogens (tertiary/aromatic N) is 3. The number of hydrogen-bond acceptors (Lipinski definition) is 3. The molecule has 1 heterocycles. The van der Waals surface area contributed by atoms with Gasteiger partial charge in [-0.1, -0.05) is 41.4 Å². The SMILES string of the molecule is CCC(N)c1cn(Cc2ccc(Cl)c(Cl)c2)nn1. The lowest BCUT2D eigenvalue weighted by Crippen LogP contribution is -2.08.